The van der Waals surface area contributed by atoms with Crippen LogP contribution < -0.4 is 0 Å². The fraction of sp³-hybridized carbons (Fsp3) is 0.350. The summed E-state index contributed by atoms with van der Waals surface area (Å²) in [5.41, 5.74) is 4.07. The van der Waals surface area contributed by atoms with Crippen LogP contribution in [0.5, 0.6) is 0 Å². The van der Waals surface area contributed by atoms with Gasteiger partial charge in [0, 0.05) is 17.6 Å². The van der Waals surface area contributed by atoms with Gasteiger partial charge in [0.1, 0.15) is 5.52 Å². The Morgan fingerprint density at radius 1 is 1.25 bits per heavy atom. The molecule has 0 N–H and O–H groups in total. The summed E-state index contributed by atoms with van der Waals surface area (Å²) < 4.78 is 6.94. The standard InChI is InChI=1S/C20H21BrN2O/c1-14-5-4-10-23(12-14)13-15-8-9-19-18(11-15)22-20(24-19)16-6-2-3-7-17(16)21/h2-3,6-9,11,14H,4-5,10,12-13H2,1H3/t14-/m0/s1. The van der Waals surface area contributed by atoms with Crippen molar-refractivity contribution in [3.05, 3.63) is 52.5 Å². The Kier molecular flexibility index (Phi) is 4.42. The molecular weight excluding hydrogens is 364 g/mol. The average Bonchev–Trinajstić information content (AvgIpc) is 2.98. The Balaban J connectivity index is 1.60. The fourth-order valence-corrected chi connectivity index (χ4v) is 3.96. The van der Waals surface area contributed by atoms with E-state index in [1.54, 1.807) is 0 Å². The van der Waals surface area contributed by atoms with Gasteiger partial charge in [-0.1, -0.05) is 25.1 Å². The van der Waals surface area contributed by atoms with Crippen molar-refractivity contribution in [3.63, 3.8) is 0 Å². The summed E-state index contributed by atoms with van der Waals surface area (Å²) in [5.74, 6) is 1.47. The van der Waals surface area contributed by atoms with Crippen LogP contribution in [0.25, 0.3) is 22.6 Å². The second kappa shape index (κ2) is 6.69. The van der Waals surface area contributed by atoms with Gasteiger partial charge < -0.3 is 4.42 Å². The van der Waals surface area contributed by atoms with Gasteiger partial charge in [-0.05, 0) is 71.1 Å². The predicted molar refractivity (Wildman–Crippen MR) is 101 cm³/mol. The van der Waals surface area contributed by atoms with E-state index in [0.29, 0.717) is 5.89 Å². The number of hydrogen-bond donors (Lipinski definition) is 0. The summed E-state index contributed by atoms with van der Waals surface area (Å²) in [7, 11) is 0. The van der Waals surface area contributed by atoms with E-state index in [-0.39, 0.29) is 0 Å². The van der Waals surface area contributed by atoms with Crippen LogP contribution in [0.15, 0.2) is 51.4 Å². The van der Waals surface area contributed by atoms with Crippen LogP contribution in [-0.4, -0.2) is 23.0 Å². The normalized spacial score (nSPS) is 19.0. The van der Waals surface area contributed by atoms with Crippen LogP contribution in [0, 0.1) is 5.92 Å². The molecule has 3 aromatic rings. The van der Waals surface area contributed by atoms with Crippen molar-refractivity contribution in [3.8, 4) is 11.5 Å². The van der Waals surface area contributed by atoms with Crippen LogP contribution in [0.2, 0.25) is 0 Å². The van der Waals surface area contributed by atoms with Crippen LogP contribution in [-0.2, 0) is 6.54 Å². The molecule has 4 heteroatoms. The van der Waals surface area contributed by atoms with E-state index in [4.69, 9.17) is 9.40 Å². The molecule has 3 nitrogen and oxygen atoms in total. The molecular formula is C20H21BrN2O. The first-order valence-electron chi connectivity index (χ1n) is 8.56. The molecule has 0 amide bonds. The molecule has 1 saturated heterocycles. The lowest BCUT2D eigenvalue weighted by molar-refractivity contribution is 0.176. The van der Waals surface area contributed by atoms with Crippen molar-refractivity contribution < 1.29 is 4.42 Å². The van der Waals surface area contributed by atoms with Crippen molar-refractivity contribution in [1.29, 1.82) is 0 Å². The maximum atomic E-state index is 5.94. The predicted octanol–water partition coefficient (Wildman–Crippen LogP) is 5.49. The molecule has 0 spiro atoms. The topological polar surface area (TPSA) is 29.3 Å². The number of likely N-dealkylation sites (tertiary alicyclic amines) is 1. The van der Waals surface area contributed by atoms with E-state index in [9.17, 15) is 0 Å². The Morgan fingerprint density at radius 2 is 2.12 bits per heavy atom. The zero-order chi connectivity index (χ0) is 16.5. The molecule has 1 aliphatic heterocycles. The third kappa shape index (κ3) is 3.26. The summed E-state index contributed by atoms with van der Waals surface area (Å²) >= 11 is 3.57. The number of nitrogens with zero attached hydrogens (tertiary/aromatic N) is 2. The van der Waals surface area contributed by atoms with Crippen LogP contribution in [0.4, 0.5) is 0 Å². The molecule has 1 atom stereocenters. The molecule has 1 aliphatic rings. The van der Waals surface area contributed by atoms with Gasteiger partial charge in [-0.15, -0.1) is 0 Å². The highest BCUT2D eigenvalue weighted by Crippen LogP contribution is 2.30. The zero-order valence-electron chi connectivity index (χ0n) is 13.8. The molecule has 0 saturated carbocycles. The molecule has 0 aliphatic carbocycles. The maximum Gasteiger partial charge on any atom is 0.228 e. The van der Waals surface area contributed by atoms with E-state index in [0.717, 1.165) is 33.6 Å². The second-order valence-corrected chi connectivity index (χ2v) is 7.64. The van der Waals surface area contributed by atoms with E-state index >= 15 is 0 Å². The minimum Gasteiger partial charge on any atom is -0.436 e. The van der Waals surface area contributed by atoms with Gasteiger partial charge >= 0.3 is 0 Å². The van der Waals surface area contributed by atoms with Gasteiger partial charge in [0.05, 0.1) is 5.56 Å². The zero-order valence-corrected chi connectivity index (χ0v) is 15.4. The molecule has 0 radical (unpaired) electrons. The Morgan fingerprint density at radius 3 is 2.96 bits per heavy atom. The van der Waals surface area contributed by atoms with E-state index < -0.39 is 0 Å². The highest BCUT2D eigenvalue weighted by molar-refractivity contribution is 9.10. The van der Waals surface area contributed by atoms with Gasteiger partial charge in [-0.3, -0.25) is 4.90 Å². The quantitative estimate of drug-likeness (QED) is 0.597. The van der Waals surface area contributed by atoms with Gasteiger partial charge in [0.15, 0.2) is 5.58 Å². The number of fused-ring (bicyclic) bond motifs is 1. The van der Waals surface area contributed by atoms with Crippen molar-refractivity contribution in [2.45, 2.75) is 26.3 Å². The lowest BCUT2D eigenvalue weighted by Gasteiger charge is -2.30. The summed E-state index contributed by atoms with van der Waals surface area (Å²) in [4.78, 5) is 7.24. The van der Waals surface area contributed by atoms with Gasteiger partial charge in [0.2, 0.25) is 5.89 Å². The van der Waals surface area contributed by atoms with E-state index in [1.807, 2.05) is 30.3 Å². The second-order valence-electron chi connectivity index (χ2n) is 6.78. The third-order valence-electron chi connectivity index (χ3n) is 4.70. The van der Waals surface area contributed by atoms with Crippen molar-refractivity contribution in [2.24, 2.45) is 5.92 Å². The Hall–Kier alpha value is -1.65. The number of halogens is 1. The number of piperidine rings is 1. The molecule has 4 rings (SSSR count). The largest absolute Gasteiger partial charge is 0.436 e. The number of hydrogen-bond acceptors (Lipinski definition) is 3. The molecule has 0 bridgehead atoms. The minimum absolute atomic E-state index is 0.668. The van der Waals surface area contributed by atoms with Gasteiger partial charge in [-0.25, -0.2) is 4.98 Å². The highest BCUT2D eigenvalue weighted by Gasteiger charge is 2.17. The average molecular weight is 385 g/mol. The van der Waals surface area contributed by atoms with Crippen molar-refractivity contribution >= 4 is 27.0 Å². The molecule has 2 aromatic carbocycles. The van der Waals surface area contributed by atoms with Crippen LogP contribution in [0.1, 0.15) is 25.3 Å². The first-order chi connectivity index (χ1) is 11.7. The lowest BCUT2D eigenvalue weighted by atomic mass is 10.00. The number of benzene rings is 2. The molecule has 1 fully saturated rings. The Labute approximate surface area is 150 Å². The first-order valence-corrected chi connectivity index (χ1v) is 9.35. The number of aromatic nitrogens is 1. The van der Waals surface area contributed by atoms with Crippen molar-refractivity contribution in [1.82, 2.24) is 9.88 Å². The third-order valence-corrected chi connectivity index (χ3v) is 5.40. The smallest absolute Gasteiger partial charge is 0.228 e. The first kappa shape index (κ1) is 15.9. The summed E-state index contributed by atoms with van der Waals surface area (Å²) in [5, 5.41) is 0. The summed E-state index contributed by atoms with van der Waals surface area (Å²) in [6.45, 7) is 5.73. The van der Waals surface area contributed by atoms with Gasteiger partial charge in [-0.2, -0.15) is 0 Å². The highest BCUT2D eigenvalue weighted by atomic mass is 79.9. The van der Waals surface area contributed by atoms with E-state index in [2.05, 4.69) is 39.9 Å². The lowest BCUT2D eigenvalue weighted by Crippen LogP contribution is -2.33. The molecule has 124 valence electrons. The molecule has 1 aromatic heterocycles. The Bertz CT molecular complexity index is 858. The summed E-state index contributed by atoms with van der Waals surface area (Å²) in [6.07, 6.45) is 2.66. The van der Waals surface area contributed by atoms with Crippen LogP contribution in [0.3, 0.4) is 0 Å². The SMILES string of the molecule is C[C@H]1CCCN(Cc2ccc3oc(-c4ccccc4Br)nc3c2)C1. The van der Waals surface area contributed by atoms with Gasteiger partial charge in [0.25, 0.3) is 0 Å². The number of oxazole rings is 1. The van der Waals surface area contributed by atoms with Crippen LogP contribution >= 0.6 is 15.9 Å². The maximum absolute atomic E-state index is 5.94. The van der Waals surface area contributed by atoms with Crippen molar-refractivity contribution in [2.75, 3.05) is 13.1 Å². The molecule has 24 heavy (non-hydrogen) atoms. The minimum atomic E-state index is 0.668. The van der Waals surface area contributed by atoms with E-state index in [1.165, 1.54) is 31.5 Å². The summed E-state index contributed by atoms with van der Waals surface area (Å²) in [6, 6.07) is 14.4. The fourth-order valence-electron chi connectivity index (χ4n) is 3.51. The number of rotatable bonds is 3. The monoisotopic (exact) mass is 384 g/mol. The molecule has 0 unspecified atom stereocenters. The molecule has 2 heterocycles.